The molecular formula is C21H24N4O3S2. The molecule has 3 rings (SSSR count). The lowest BCUT2D eigenvalue weighted by molar-refractivity contribution is -0.113. The summed E-state index contributed by atoms with van der Waals surface area (Å²) in [7, 11) is -3.54. The van der Waals surface area contributed by atoms with E-state index in [2.05, 4.69) is 15.5 Å². The van der Waals surface area contributed by atoms with Gasteiger partial charge in [0.15, 0.2) is 15.0 Å². The Hall–Kier alpha value is -2.65. The van der Waals surface area contributed by atoms with E-state index in [0.29, 0.717) is 17.5 Å². The number of carbonyl (C=O) groups excluding carboxylic acids is 1. The summed E-state index contributed by atoms with van der Waals surface area (Å²) in [6.07, 6.45) is 0. The largest absolute Gasteiger partial charge is 0.325 e. The van der Waals surface area contributed by atoms with Crippen molar-refractivity contribution in [3.63, 3.8) is 0 Å². The van der Waals surface area contributed by atoms with Gasteiger partial charge in [0.25, 0.3) is 0 Å². The number of sulfone groups is 1. The van der Waals surface area contributed by atoms with Crippen LogP contribution in [0.25, 0.3) is 0 Å². The highest BCUT2D eigenvalue weighted by Crippen LogP contribution is 2.22. The number of benzene rings is 2. The van der Waals surface area contributed by atoms with Crippen molar-refractivity contribution < 1.29 is 13.2 Å². The highest BCUT2D eigenvalue weighted by molar-refractivity contribution is 7.99. The minimum Gasteiger partial charge on any atom is -0.325 e. The second-order valence-corrected chi connectivity index (χ2v) is 9.80. The second-order valence-electron chi connectivity index (χ2n) is 6.87. The molecule has 0 radical (unpaired) electrons. The standard InChI is InChI=1S/C21H24N4O3S2/c1-4-25-19(14-30(27,28)17-11-9-15(2)10-12-17)23-24-21(25)29-13-20(26)22-18-8-6-5-7-16(18)3/h5-12H,4,13-14H2,1-3H3,(H,22,26). The highest BCUT2D eigenvalue weighted by atomic mass is 32.2. The number of aryl methyl sites for hydroxylation is 2. The van der Waals surface area contributed by atoms with E-state index in [4.69, 9.17) is 0 Å². The average Bonchev–Trinajstić information content (AvgIpc) is 3.09. The predicted molar refractivity (Wildman–Crippen MR) is 118 cm³/mol. The van der Waals surface area contributed by atoms with Crippen LogP contribution in [0, 0.1) is 13.8 Å². The van der Waals surface area contributed by atoms with Crippen LogP contribution >= 0.6 is 11.8 Å². The van der Waals surface area contributed by atoms with Crippen molar-refractivity contribution in [2.75, 3.05) is 11.1 Å². The monoisotopic (exact) mass is 444 g/mol. The van der Waals surface area contributed by atoms with Crippen LogP contribution in [0.4, 0.5) is 5.69 Å². The van der Waals surface area contributed by atoms with Gasteiger partial charge in [0.1, 0.15) is 11.6 Å². The summed E-state index contributed by atoms with van der Waals surface area (Å²) in [5.41, 5.74) is 2.74. The minimum atomic E-state index is -3.54. The van der Waals surface area contributed by atoms with Crippen LogP contribution in [0.2, 0.25) is 0 Å². The van der Waals surface area contributed by atoms with E-state index in [1.54, 1.807) is 28.8 Å². The first-order valence-corrected chi connectivity index (χ1v) is 12.1. The number of rotatable bonds is 8. The molecule has 30 heavy (non-hydrogen) atoms. The fourth-order valence-electron chi connectivity index (χ4n) is 2.88. The van der Waals surface area contributed by atoms with Gasteiger partial charge in [-0.3, -0.25) is 4.79 Å². The van der Waals surface area contributed by atoms with Gasteiger partial charge in [0, 0.05) is 12.2 Å². The summed E-state index contributed by atoms with van der Waals surface area (Å²) in [6.45, 7) is 6.23. The van der Waals surface area contributed by atoms with E-state index < -0.39 is 9.84 Å². The van der Waals surface area contributed by atoms with Crippen LogP contribution < -0.4 is 5.32 Å². The predicted octanol–water partition coefficient (Wildman–Crippen LogP) is 3.62. The maximum Gasteiger partial charge on any atom is 0.234 e. The topological polar surface area (TPSA) is 93.9 Å². The first-order chi connectivity index (χ1) is 14.3. The zero-order valence-corrected chi connectivity index (χ0v) is 18.8. The Balaban J connectivity index is 1.69. The van der Waals surface area contributed by atoms with Crippen molar-refractivity contribution in [1.29, 1.82) is 0 Å². The zero-order chi connectivity index (χ0) is 21.7. The zero-order valence-electron chi connectivity index (χ0n) is 17.1. The first kappa shape index (κ1) is 22.0. The fourth-order valence-corrected chi connectivity index (χ4v) is 4.97. The molecule has 1 heterocycles. The summed E-state index contributed by atoms with van der Waals surface area (Å²) < 4.78 is 27.2. The van der Waals surface area contributed by atoms with Crippen LogP contribution in [0.3, 0.4) is 0 Å². The Morgan fingerprint density at radius 1 is 1.07 bits per heavy atom. The van der Waals surface area contributed by atoms with Crippen LogP contribution in [0.15, 0.2) is 58.6 Å². The minimum absolute atomic E-state index is 0.150. The molecule has 3 aromatic rings. The smallest absolute Gasteiger partial charge is 0.234 e. The third-order valence-electron chi connectivity index (χ3n) is 4.56. The molecule has 1 aromatic heterocycles. The van der Waals surface area contributed by atoms with Crippen molar-refractivity contribution in [3.05, 3.63) is 65.5 Å². The molecule has 0 fully saturated rings. The SMILES string of the molecule is CCn1c(CS(=O)(=O)c2ccc(C)cc2)nnc1SCC(=O)Nc1ccccc1C. The number of nitrogens with one attached hydrogen (secondary N) is 1. The van der Waals surface area contributed by atoms with Gasteiger partial charge in [-0.15, -0.1) is 10.2 Å². The summed E-state index contributed by atoms with van der Waals surface area (Å²) in [5.74, 6) is 0.109. The number of hydrogen-bond acceptors (Lipinski definition) is 6. The van der Waals surface area contributed by atoms with E-state index in [9.17, 15) is 13.2 Å². The molecule has 0 spiro atoms. The van der Waals surface area contributed by atoms with Crippen molar-refractivity contribution in [2.24, 2.45) is 0 Å². The van der Waals surface area contributed by atoms with Gasteiger partial charge in [0.05, 0.1) is 10.6 Å². The Morgan fingerprint density at radius 2 is 1.77 bits per heavy atom. The second kappa shape index (κ2) is 9.44. The molecule has 7 nitrogen and oxygen atoms in total. The Kier molecular flexibility index (Phi) is 6.94. The number of carbonyl (C=O) groups is 1. The van der Waals surface area contributed by atoms with Crippen LogP contribution in [-0.2, 0) is 26.9 Å². The molecule has 2 aromatic carbocycles. The Morgan fingerprint density at radius 3 is 2.43 bits per heavy atom. The summed E-state index contributed by atoms with van der Waals surface area (Å²) in [5, 5.41) is 11.6. The lowest BCUT2D eigenvalue weighted by Gasteiger charge is -2.09. The third kappa shape index (κ3) is 5.28. The van der Waals surface area contributed by atoms with Crippen LogP contribution in [0.1, 0.15) is 23.9 Å². The van der Waals surface area contributed by atoms with Gasteiger partial charge in [-0.25, -0.2) is 8.42 Å². The molecule has 1 N–H and O–H groups in total. The van der Waals surface area contributed by atoms with Gasteiger partial charge in [-0.2, -0.15) is 0 Å². The third-order valence-corrected chi connectivity index (χ3v) is 7.16. The normalized spacial score (nSPS) is 11.4. The molecule has 158 valence electrons. The Bertz CT molecular complexity index is 1140. The highest BCUT2D eigenvalue weighted by Gasteiger charge is 2.21. The summed E-state index contributed by atoms with van der Waals surface area (Å²) in [6, 6.07) is 14.3. The van der Waals surface area contributed by atoms with E-state index in [-0.39, 0.29) is 22.3 Å². The van der Waals surface area contributed by atoms with E-state index >= 15 is 0 Å². The van der Waals surface area contributed by atoms with E-state index in [1.807, 2.05) is 45.0 Å². The van der Waals surface area contributed by atoms with Gasteiger partial charge in [-0.05, 0) is 44.5 Å². The molecule has 0 aliphatic rings. The quantitative estimate of drug-likeness (QED) is 0.533. The maximum atomic E-state index is 12.7. The maximum absolute atomic E-state index is 12.7. The average molecular weight is 445 g/mol. The number of nitrogens with zero attached hydrogens (tertiary/aromatic N) is 3. The van der Waals surface area contributed by atoms with E-state index in [1.165, 1.54) is 11.8 Å². The number of amides is 1. The number of thioether (sulfide) groups is 1. The molecule has 0 saturated heterocycles. The van der Waals surface area contributed by atoms with Crippen molar-refractivity contribution in [2.45, 2.75) is 43.1 Å². The number of aromatic nitrogens is 3. The van der Waals surface area contributed by atoms with Gasteiger partial charge in [0.2, 0.25) is 5.91 Å². The molecule has 9 heteroatoms. The molecule has 0 aliphatic heterocycles. The summed E-state index contributed by atoms with van der Waals surface area (Å²) in [4.78, 5) is 12.6. The molecule has 0 bridgehead atoms. The van der Waals surface area contributed by atoms with Crippen LogP contribution in [-0.4, -0.2) is 34.8 Å². The molecule has 1 amide bonds. The van der Waals surface area contributed by atoms with Crippen LogP contribution in [0.5, 0.6) is 0 Å². The molecule has 0 saturated carbocycles. The number of hydrogen-bond donors (Lipinski definition) is 1. The van der Waals surface area contributed by atoms with E-state index in [0.717, 1.165) is 16.8 Å². The van der Waals surface area contributed by atoms with Gasteiger partial charge in [-0.1, -0.05) is 47.7 Å². The molecule has 0 atom stereocenters. The molecule has 0 aliphatic carbocycles. The lowest BCUT2D eigenvalue weighted by atomic mass is 10.2. The van der Waals surface area contributed by atoms with Crippen molar-refractivity contribution >= 4 is 33.2 Å². The lowest BCUT2D eigenvalue weighted by Crippen LogP contribution is -2.15. The summed E-state index contributed by atoms with van der Waals surface area (Å²) >= 11 is 1.23. The first-order valence-electron chi connectivity index (χ1n) is 9.50. The van der Waals surface area contributed by atoms with Crippen molar-refractivity contribution in [3.8, 4) is 0 Å². The van der Waals surface area contributed by atoms with Gasteiger partial charge < -0.3 is 9.88 Å². The molecular weight excluding hydrogens is 420 g/mol. The number of para-hydroxylation sites is 1. The fraction of sp³-hybridized carbons (Fsp3) is 0.286. The molecule has 0 unspecified atom stereocenters. The number of anilines is 1. The van der Waals surface area contributed by atoms with Gasteiger partial charge >= 0.3 is 0 Å². The Labute approximate surface area is 180 Å². The van der Waals surface area contributed by atoms with Crippen molar-refractivity contribution in [1.82, 2.24) is 14.8 Å².